The van der Waals surface area contributed by atoms with E-state index < -0.39 is 10.3 Å². The molecule has 2 aromatic rings. The van der Waals surface area contributed by atoms with E-state index in [0.717, 1.165) is 0 Å². The molecule has 0 saturated carbocycles. The lowest BCUT2D eigenvalue weighted by Gasteiger charge is -2.04. The summed E-state index contributed by atoms with van der Waals surface area (Å²) in [5, 5.41) is 14.2. The Hall–Kier alpha value is -2.15. The van der Waals surface area contributed by atoms with Crippen molar-refractivity contribution < 1.29 is 14.2 Å². The summed E-state index contributed by atoms with van der Waals surface area (Å²) in [4.78, 5) is 14.5. The Bertz CT molecular complexity index is 612. The van der Waals surface area contributed by atoms with Gasteiger partial charge in [-0.25, -0.2) is 0 Å². The predicted octanol–water partition coefficient (Wildman–Crippen LogP) is 2.95. The van der Waals surface area contributed by atoms with Gasteiger partial charge in [0.15, 0.2) is 5.82 Å². The molecule has 100 valence electrons. The number of para-hydroxylation sites is 1. The Labute approximate surface area is 113 Å². The van der Waals surface area contributed by atoms with Gasteiger partial charge in [0.2, 0.25) is 5.75 Å². The lowest BCUT2D eigenvalue weighted by atomic mass is 10.1. The van der Waals surface area contributed by atoms with Crippen LogP contribution in [0.4, 0.5) is 5.69 Å². The summed E-state index contributed by atoms with van der Waals surface area (Å²) in [5.41, 5.74) is 0.187. The van der Waals surface area contributed by atoms with Crippen LogP contribution in [-0.2, 0) is 0 Å². The van der Waals surface area contributed by atoms with Crippen molar-refractivity contribution in [3.8, 4) is 17.2 Å². The Kier molecular flexibility index (Phi) is 3.66. The Morgan fingerprint density at radius 3 is 2.79 bits per heavy atom. The maximum absolute atomic E-state index is 10.9. The van der Waals surface area contributed by atoms with E-state index in [1.165, 1.54) is 19.2 Å². The largest absolute Gasteiger partial charge is 0.490 e. The van der Waals surface area contributed by atoms with Crippen molar-refractivity contribution >= 4 is 17.3 Å². The molecule has 0 aliphatic rings. The molecule has 2 rings (SSSR count). The molecule has 0 aliphatic heterocycles. The number of alkyl halides is 1. The molecule has 1 atom stereocenters. The van der Waals surface area contributed by atoms with E-state index in [4.69, 9.17) is 20.9 Å². The van der Waals surface area contributed by atoms with Gasteiger partial charge in [-0.1, -0.05) is 11.2 Å². The van der Waals surface area contributed by atoms with Gasteiger partial charge in [0.1, 0.15) is 0 Å². The lowest BCUT2D eigenvalue weighted by Crippen LogP contribution is -1.96. The molecule has 7 nitrogen and oxygen atoms in total. The molecule has 0 N–H and O–H groups in total. The second-order valence-corrected chi connectivity index (χ2v) is 4.34. The number of halogens is 1. The number of ether oxygens (including phenoxy) is 1. The van der Waals surface area contributed by atoms with Crippen LogP contribution in [0.5, 0.6) is 5.75 Å². The van der Waals surface area contributed by atoms with Gasteiger partial charge in [-0.3, -0.25) is 10.1 Å². The van der Waals surface area contributed by atoms with Crippen LogP contribution in [0.1, 0.15) is 18.1 Å². The maximum Gasteiger partial charge on any atom is 0.311 e. The van der Waals surface area contributed by atoms with Gasteiger partial charge in [-0.2, -0.15) is 4.98 Å². The third-order valence-corrected chi connectivity index (χ3v) is 2.62. The monoisotopic (exact) mass is 283 g/mol. The zero-order valence-electron chi connectivity index (χ0n) is 10.2. The first kappa shape index (κ1) is 13.3. The molecule has 19 heavy (non-hydrogen) atoms. The standard InChI is InChI=1S/C11H10ClN3O4/c1-6(12)10-13-11(19-14-10)7-4-3-5-8(15(16)17)9(7)18-2/h3-6H,1-2H3. The van der Waals surface area contributed by atoms with Crippen LogP contribution in [0.2, 0.25) is 0 Å². The highest BCUT2D eigenvalue weighted by atomic mass is 35.5. The second-order valence-electron chi connectivity index (χ2n) is 3.69. The molecular weight excluding hydrogens is 274 g/mol. The molecule has 8 heteroatoms. The molecule has 1 aromatic heterocycles. The van der Waals surface area contributed by atoms with Crippen LogP contribution in [0, 0.1) is 10.1 Å². The molecule has 1 aromatic carbocycles. The van der Waals surface area contributed by atoms with E-state index in [0.29, 0.717) is 11.4 Å². The normalized spacial score (nSPS) is 12.2. The van der Waals surface area contributed by atoms with E-state index in [-0.39, 0.29) is 17.3 Å². The highest BCUT2D eigenvalue weighted by Gasteiger charge is 2.23. The van der Waals surface area contributed by atoms with Crippen molar-refractivity contribution in [1.29, 1.82) is 0 Å². The molecular formula is C11H10ClN3O4. The zero-order valence-corrected chi connectivity index (χ0v) is 10.9. The van der Waals surface area contributed by atoms with Gasteiger partial charge >= 0.3 is 5.69 Å². The smallest absolute Gasteiger partial charge is 0.311 e. The quantitative estimate of drug-likeness (QED) is 0.486. The Morgan fingerprint density at radius 2 is 2.26 bits per heavy atom. The number of aromatic nitrogens is 2. The number of rotatable bonds is 4. The van der Waals surface area contributed by atoms with Crippen LogP contribution in [-0.4, -0.2) is 22.2 Å². The third kappa shape index (κ3) is 2.50. The van der Waals surface area contributed by atoms with Crippen LogP contribution in [0.3, 0.4) is 0 Å². The predicted molar refractivity (Wildman–Crippen MR) is 67.2 cm³/mol. The van der Waals surface area contributed by atoms with Crippen LogP contribution >= 0.6 is 11.6 Å². The number of nitrogens with zero attached hydrogens (tertiary/aromatic N) is 3. The van der Waals surface area contributed by atoms with Crippen molar-refractivity contribution in [1.82, 2.24) is 10.1 Å². The Balaban J connectivity index is 2.54. The van der Waals surface area contributed by atoms with Crippen LogP contribution < -0.4 is 4.74 Å². The molecule has 0 aliphatic carbocycles. The van der Waals surface area contributed by atoms with E-state index >= 15 is 0 Å². The molecule has 0 spiro atoms. The minimum atomic E-state index is -0.538. The average molecular weight is 284 g/mol. The van der Waals surface area contributed by atoms with E-state index in [2.05, 4.69) is 10.1 Å². The van der Waals surface area contributed by atoms with Crippen molar-refractivity contribution in [2.75, 3.05) is 7.11 Å². The SMILES string of the molecule is COc1c(-c2nc(C(C)Cl)no2)cccc1[N+](=O)[O-]. The first-order chi connectivity index (χ1) is 9.04. The van der Waals surface area contributed by atoms with Gasteiger partial charge in [0, 0.05) is 6.07 Å². The van der Waals surface area contributed by atoms with Crippen molar-refractivity contribution in [2.45, 2.75) is 12.3 Å². The highest BCUT2D eigenvalue weighted by Crippen LogP contribution is 2.37. The van der Waals surface area contributed by atoms with E-state index in [9.17, 15) is 10.1 Å². The maximum atomic E-state index is 10.9. The molecule has 0 saturated heterocycles. The van der Waals surface area contributed by atoms with Crippen LogP contribution in [0.15, 0.2) is 22.7 Å². The second kappa shape index (κ2) is 5.23. The molecule has 0 radical (unpaired) electrons. The number of benzene rings is 1. The fourth-order valence-electron chi connectivity index (χ4n) is 1.56. The fraction of sp³-hybridized carbons (Fsp3) is 0.273. The molecule has 0 fully saturated rings. The minimum absolute atomic E-state index is 0.0740. The van der Waals surface area contributed by atoms with Crippen molar-refractivity contribution in [3.05, 3.63) is 34.1 Å². The number of hydrogen-bond acceptors (Lipinski definition) is 6. The summed E-state index contributed by atoms with van der Waals surface area (Å²) in [5.74, 6) is 0.512. The number of hydrogen-bond donors (Lipinski definition) is 0. The first-order valence-corrected chi connectivity index (χ1v) is 5.77. The number of nitro groups is 1. The third-order valence-electron chi connectivity index (χ3n) is 2.42. The summed E-state index contributed by atoms with van der Waals surface area (Å²) in [6, 6.07) is 4.45. The Morgan fingerprint density at radius 1 is 1.53 bits per heavy atom. The average Bonchev–Trinajstić information content (AvgIpc) is 2.87. The summed E-state index contributed by atoms with van der Waals surface area (Å²) >= 11 is 5.83. The highest BCUT2D eigenvalue weighted by molar-refractivity contribution is 6.20. The van der Waals surface area contributed by atoms with E-state index in [1.54, 1.807) is 13.0 Å². The molecule has 1 heterocycles. The van der Waals surface area contributed by atoms with E-state index in [1.807, 2.05) is 0 Å². The molecule has 1 unspecified atom stereocenters. The van der Waals surface area contributed by atoms with Gasteiger partial charge in [0.25, 0.3) is 5.89 Å². The minimum Gasteiger partial charge on any atom is -0.490 e. The summed E-state index contributed by atoms with van der Waals surface area (Å²) < 4.78 is 10.1. The lowest BCUT2D eigenvalue weighted by molar-refractivity contribution is -0.385. The van der Waals surface area contributed by atoms with Crippen molar-refractivity contribution in [3.63, 3.8) is 0 Å². The molecule has 0 amide bonds. The zero-order chi connectivity index (χ0) is 14.0. The summed E-state index contributed by atoms with van der Waals surface area (Å²) in [6.45, 7) is 1.70. The van der Waals surface area contributed by atoms with Gasteiger partial charge in [-0.15, -0.1) is 11.6 Å². The topological polar surface area (TPSA) is 91.3 Å². The van der Waals surface area contributed by atoms with Crippen LogP contribution in [0.25, 0.3) is 11.5 Å². The summed E-state index contributed by atoms with van der Waals surface area (Å²) in [7, 11) is 1.34. The number of nitro benzene ring substituents is 1. The fourth-order valence-corrected chi connectivity index (χ4v) is 1.65. The first-order valence-electron chi connectivity index (χ1n) is 5.34. The van der Waals surface area contributed by atoms with Crippen molar-refractivity contribution in [2.24, 2.45) is 0 Å². The number of methoxy groups -OCH3 is 1. The summed E-state index contributed by atoms with van der Waals surface area (Å²) in [6.07, 6.45) is 0. The van der Waals surface area contributed by atoms with Gasteiger partial charge < -0.3 is 9.26 Å². The van der Waals surface area contributed by atoms with Gasteiger partial charge in [0.05, 0.1) is 23.0 Å². The molecule has 0 bridgehead atoms. The van der Waals surface area contributed by atoms with Gasteiger partial charge in [-0.05, 0) is 13.0 Å².